The first kappa shape index (κ1) is 11.0. The Morgan fingerprint density at radius 3 is 3.00 bits per heavy atom. The van der Waals surface area contributed by atoms with E-state index < -0.39 is 0 Å². The second kappa shape index (κ2) is 5.58. The molecule has 4 nitrogen and oxygen atoms in total. The number of nitrogens with zero attached hydrogens (tertiary/aromatic N) is 2. The number of hydrogen-bond acceptors (Lipinski definition) is 4. The number of rotatable bonds is 4. The molecule has 0 amide bonds. The van der Waals surface area contributed by atoms with Crippen LogP contribution < -0.4 is 10.6 Å². The van der Waals surface area contributed by atoms with Crippen LogP contribution in [0.1, 0.15) is 5.56 Å². The van der Waals surface area contributed by atoms with Gasteiger partial charge in [0.05, 0.1) is 5.56 Å². The number of hydrogen-bond donors (Lipinski definition) is 2. The van der Waals surface area contributed by atoms with E-state index in [1.54, 1.807) is 12.3 Å². The van der Waals surface area contributed by atoms with Gasteiger partial charge in [0.25, 0.3) is 0 Å². The van der Waals surface area contributed by atoms with Gasteiger partial charge in [0, 0.05) is 23.8 Å². The first-order valence-corrected chi connectivity index (χ1v) is 5.01. The molecular weight excluding hydrogens is 244 g/mol. The standard InChI is InChI=1S/C9H11BrN4/c1-12-2-3-13-9-7(5-11)4-8(10)6-14-9/h4,6,12H,2-3H2,1H3,(H,13,14). The highest BCUT2D eigenvalue weighted by Crippen LogP contribution is 2.16. The van der Waals surface area contributed by atoms with E-state index in [4.69, 9.17) is 5.26 Å². The second-order valence-electron chi connectivity index (χ2n) is 2.69. The molecule has 0 spiro atoms. The molecule has 0 saturated heterocycles. The van der Waals surface area contributed by atoms with Gasteiger partial charge >= 0.3 is 0 Å². The van der Waals surface area contributed by atoms with E-state index in [1.165, 1.54) is 0 Å². The maximum Gasteiger partial charge on any atom is 0.144 e. The fourth-order valence-electron chi connectivity index (χ4n) is 0.971. The third-order valence-electron chi connectivity index (χ3n) is 1.64. The lowest BCUT2D eigenvalue weighted by Crippen LogP contribution is -2.18. The van der Waals surface area contributed by atoms with Gasteiger partial charge in [-0.2, -0.15) is 5.26 Å². The topological polar surface area (TPSA) is 60.7 Å². The highest BCUT2D eigenvalue weighted by atomic mass is 79.9. The molecule has 1 aromatic heterocycles. The van der Waals surface area contributed by atoms with Gasteiger partial charge in [-0.15, -0.1) is 0 Å². The maximum absolute atomic E-state index is 8.83. The molecule has 0 saturated carbocycles. The number of pyridine rings is 1. The Kier molecular flexibility index (Phi) is 4.36. The first-order valence-electron chi connectivity index (χ1n) is 4.22. The van der Waals surface area contributed by atoms with Crippen molar-refractivity contribution < 1.29 is 0 Å². The largest absolute Gasteiger partial charge is 0.368 e. The third-order valence-corrected chi connectivity index (χ3v) is 2.08. The van der Waals surface area contributed by atoms with Crippen molar-refractivity contribution in [1.29, 1.82) is 5.26 Å². The summed E-state index contributed by atoms with van der Waals surface area (Å²) in [5.74, 6) is 0.631. The zero-order valence-corrected chi connectivity index (χ0v) is 9.43. The molecule has 5 heteroatoms. The van der Waals surface area contributed by atoms with Crippen LogP contribution in [-0.4, -0.2) is 25.1 Å². The molecule has 1 aromatic rings. The van der Waals surface area contributed by atoms with E-state index in [2.05, 4.69) is 37.6 Å². The maximum atomic E-state index is 8.83. The average Bonchev–Trinajstić information content (AvgIpc) is 2.20. The Balaban J connectivity index is 2.72. The van der Waals surface area contributed by atoms with Gasteiger partial charge in [0.15, 0.2) is 0 Å². The molecule has 0 aliphatic heterocycles. The Hall–Kier alpha value is -1.12. The molecule has 0 aliphatic carbocycles. The number of likely N-dealkylation sites (N-methyl/N-ethyl adjacent to an activating group) is 1. The van der Waals surface area contributed by atoms with Crippen molar-refractivity contribution in [2.24, 2.45) is 0 Å². The predicted octanol–water partition coefficient (Wildman–Crippen LogP) is 1.35. The van der Waals surface area contributed by atoms with Gasteiger partial charge in [-0.3, -0.25) is 0 Å². The van der Waals surface area contributed by atoms with Crippen molar-refractivity contribution >= 4 is 21.7 Å². The molecule has 2 N–H and O–H groups in total. The van der Waals surface area contributed by atoms with Crippen molar-refractivity contribution in [3.63, 3.8) is 0 Å². The molecule has 0 aromatic carbocycles. The van der Waals surface area contributed by atoms with Crippen molar-refractivity contribution in [2.75, 3.05) is 25.5 Å². The van der Waals surface area contributed by atoms with Crippen LogP contribution in [-0.2, 0) is 0 Å². The van der Waals surface area contributed by atoms with E-state index in [9.17, 15) is 0 Å². The number of aromatic nitrogens is 1. The summed E-state index contributed by atoms with van der Waals surface area (Å²) in [5.41, 5.74) is 0.551. The van der Waals surface area contributed by atoms with Gasteiger partial charge in [0.2, 0.25) is 0 Å². The average molecular weight is 255 g/mol. The molecule has 0 unspecified atom stereocenters. The van der Waals surface area contributed by atoms with E-state index in [0.29, 0.717) is 11.4 Å². The van der Waals surface area contributed by atoms with Crippen LogP contribution in [0.5, 0.6) is 0 Å². The highest BCUT2D eigenvalue weighted by molar-refractivity contribution is 9.10. The monoisotopic (exact) mass is 254 g/mol. The first-order chi connectivity index (χ1) is 6.77. The summed E-state index contributed by atoms with van der Waals surface area (Å²) < 4.78 is 0.813. The van der Waals surface area contributed by atoms with E-state index in [1.807, 2.05) is 7.05 Å². The molecule has 1 heterocycles. The van der Waals surface area contributed by atoms with Crippen molar-refractivity contribution in [2.45, 2.75) is 0 Å². The Morgan fingerprint density at radius 1 is 1.57 bits per heavy atom. The molecule has 0 bridgehead atoms. The summed E-state index contributed by atoms with van der Waals surface area (Å²) in [6, 6.07) is 3.83. The van der Waals surface area contributed by atoms with Crippen LogP contribution in [0.3, 0.4) is 0 Å². The smallest absolute Gasteiger partial charge is 0.144 e. The Labute approximate surface area is 91.5 Å². The minimum Gasteiger partial charge on any atom is -0.368 e. The van der Waals surface area contributed by atoms with Crippen LogP contribution >= 0.6 is 15.9 Å². The van der Waals surface area contributed by atoms with E-state index in [-0.39, 0.29) is 0 Å². The van der Waals surface area contributed by atoms with Crippen LogP contribution in [0.4, 0.5) is 5.82 Å². The molecule has 0 atom stereocenters. The summed E-state index contributed by atoms with van der Waals surface area (Å²) in [4.78, 5) is 4.11. The van der Waals surface area contributed by atoms with Crippen molar-refractivity contribution in [1.82, 2.24) is 10.3 Å². The SMILES string of the molecule is CNCCNc1ncc(Br)cc1C#N. The Morgan fingerprint density at radius 2 is 2.36 bits per heavy atom. The number of anilines is 1. The summed E-state index contributed by atoms with van der Waals surface area (Å²) >= 11 is 3.27. The van der Waals surface area contributed by atoms with Gasteiger partial charge in [-0.05, 0) is 29.0 Å². The normalized spacial score (nSPS) is 9.50. The van der Waals surface area contributed by atoms with E-state index in [0.717, 1.165) is 17.6 Å². The second-order valence-corrected chi connectivity index (χ2v) is 3.61. The minimum absolute atomic E-state index is 0.551. The van der Waals surface area contributed by atoms with Crippen LogP contribution in [0, 0.1) is 11.3 Å². The fourth-order valence-corrected chi connectivity index (χ4v) is 1.30. The van der Waals surface area contributed by atoms with Crippen molar-refractivity contribution in [3.05, 3.63) is 22.3 Å². The lowest BCUT2D eigenvalue weighted by Gasteiger charge is -2.06. The molecule has 14 heavy (non-hydrogen) atoms. The molecule has 0 radical (unpaired) electrons. The summed E-state index contributed by atoms with van der Waals surface area (Å²) in [5, 5.41) is 14.9. The summed E-state index contributed by atoms with van der Waals surface area (Å²) in [7, 11) is 1.88. The zero-order valence-electron chi connectivity index (χ0n) is 7.84. The predicted molar refractivity (Wildman–Crippen MR) is 59.1 cm³/mol. The lowest BCUT2D eigenvalue weighted by molar-refractivity contribution is 0.821. The number of nitriles is 1. The van der Waals surface area contributed by atoms with Gasteiger partial charge < -0.3 is 10.6 Å². The number of nitrogens with one attached hydrogen (secondary N) is 2. The van der Waals surface area contributed by atoms with Crippen molar-refractivity contribution in [3.8, 4) is 6.07 Å². The zero-order chi connectivity index (χ0) is 10.4. The molecule has 74 valence electrons. The van der Waals surface area contributed by atoms with Gasteiger partial charge in [-0.1, -0.05) is 0 Å². The van der Waals surface area contributed by atoms with Crippen LogP contribution in [0.15, 0.2) is 16.7 Å². The summed E-state index contributed by atoms with van der Waals surface area (Å²) in [6.07, 6.45) is 1.67. The molecular formula is C9H11BrN4. The van der Waals surface area contributed by atoms with Gasteiger partial charge in [-0.25, -0.2) is 4.98 Å². The quantitative estimate of drug-likeness (QED) is 0.797. The van der Waals surface area contributed by atoms with Crippen LogP contribution in [0.25, 0.3) is 0 Å². The molecule has 0 aliphatic rings. The molecule has 1 rings (SSSR count). The van der Waals surface area contributed by atoms with Crippen LogP contribution in [0.2, 0.25) is 0 Å². The Bertz CT molecular complexity index is 345. The highest BCUT2D eigenvalue weighted by Gasteiger charge is 2.02. The third kappa shape index (κ3) is 2.98. The lowest BCUT2D eigenvalue weighted by atomic mass is 10.3. The molecule has 0 fully saturated rings. The number of halogens is 1. The van der Waals surface area contributed by atoms with E-state index >= 15 is 0 Å². The minimum atomic E-state index is 0.551. The summed E-state index contributed by atoms with van der Waals surface area (Å²) in [6.45, 7) is 1.59. The van der Waals surface area contributed by atoms with Gasteiger partial charge in [0.1, 0.15) is 11.9 Å². The fraction of sp³-hybridized carbons (Fsp3) is 0.333.